The fourth-order valence-electron chi connectivity index (χ4n) is 2.20. The first-order valence-electron chi connectivity index (χ1n) is 8.07. The van der Waals surface area contributed by atoms with E-state index in [2.05, 4.69) is 10.1 Å². The highest BCUT2D eigenvalue weighted by Crippen LogP contribution is 2.29. The fourth-order valence-corrected chi connectivity index (χ4v) is 3.19. The van der Waals surface area contributed by atoms with Gasteiger partial charge in [0.1, 0.15) is 5.75 Å². The summed E-state index contributed by atoms with van der Waals surface area (Å²) in [5.74, 6) is -1.50. The van der Waals surface area contributed by atoms with Crippen molar-refractivity contribution in [2.24, 2.45) is 0 Å². The number of hydrogen-bond acceptors (Lipinski definition) is 6. The van der Waals surface area contributed by atoms with Gasteiger partial charge in [0.2, 0.25) is 0 Å². The number of amides is 1. The molecule has 0 aliphatic rings. The standard InChI is InChI=1S/C17H17ClF2N2O5S/c1-9-8-28-17(25)22(9)6-5-14(23)26-10(2)15(24)21-11-3-4-13(12(18)7-11)27-16(19)20/h3-4,7-8,10,16H,5-6H2,1-2H3,(H,21,24)/t10-/m0/s1. The molecule has 0 aliphatic carbocycles. The van der Waals surface area contributed by atoms with Crippen LogP contribution in [0.25, 0.3) is 0 Å². The minimum absolute atomic E-state index is 0.0689. The molecule has 1 heterocycles. The van der Waals surface area contributed by atoms with Gasteiger partial charge < -0.3 is 19.4 Å². The fraction of sp³-hybridized carbons (Fsp3) is 0.353. The Morgan fingerprint density at radius 1 is 1.36 bits per heavy atom. The highest BCUT2D eigenvalue weighted by Gasteiger charge is 2.19. The van der Waals surface area contributed by atoms with E-state index < -0.39 is 24.6 Å². The average molecular weight is 435 g/mol. The highest BCUT2D eigenvalue weighted by atomic mass is 35.5. The Morgan fingerprint density at radius 3 is 2.64 bits per heavy atom. The number of carbonyl (C=O) groups is 2. The average Bonchev–Trinajstić information content (AvgIpc) is 2.93. The molecule has 1 aromatic carbocycles. The van der Waals surface area contributed by atoms with Gasteiger partial charge in [-0.2, -0.15) is 8.78 Å². The van der Waals surface area contributed by atoms with Crippen molar-refractivity contribution in [2.45, 2.75) is 39.5 Å². The van der Waals surface area contributed by atoms with Crippen molar-refractivity contribution in [2.75, 3.05) is 5.32 Å². The van der Waals surface area contributed by atoms with Crippen molar-refractivity contribution in [3.05, 3.63) is 44.0 Å². The van der Waals surface area contributed by atoms with Crippen LogP contribution in [0.5, 0.6) is 5.75 Å². The van der Waals surface area contributed by atoms with Gasteiger partial charge in [0, 0.05) is 23.3 Å². The third-order valence-corrected chi connectivity index (χ3v) is 4.79. The number of hydrogen-bond donors (Lipinski definition) is 1. The van der Waals surface area contributed by atoms with Gasteiger partial charge >= 0.3 is 17.5 Å². The largest absolute Gasteiger partial charge is 0.452 e. The van der Waals surface area contributed by atoms with Crippen molar-refractivity contribution in [1.29, 1.82) is 0 Å². The van der Waals surface area contributed by atoms with Crippen molar-refractivity contribution >= 4 is 40.5 Å². The van der Waals surface area contributed by atoms with Crippen LogP contribution in [0.15, 0.2) is 28.4 Å². The lowest BCUT2D eigenvalue weighted by Gasteiger charge is -2.14. The Hall–Kier alpha value is -2.46. The maximum Gasteiger partial charge on any atom is 0.387 e. The highest BCUT2D eigenvalue weighted by molar-refractivity contribution is 7.07. The van der Waals surface area contributed by atoms with Crippen LogP contribution in [0.1, 0.15) is 19.0 Å². The molecule has 1 aromatic heterocycles. The van der Waals surface area contributed by atoms with Crippen LogP contribution < -0.4 is 14.9 Å². The van der Waals surface area contributed by atoms with Crippen LogP contribution in [0.4, 0.5) is 14.5 Å². The zero-order valence-electron chi connectivity index (χ0n) is 14.9. The van der Waals surface area contributed by atoms with Crippen molar-refractivity contribution in [3.63, 3.8) is 0 Å². The molecule has 11 heteroatoms. The number of nitrogens with one attached hydrogen (secondary N) is 1. The van der Waals surface area contributed by atoms with E-state index in [4.69, 9.17) is 16.3 Å². The predicted molar refractivity (Wildman–Crippen MR) is 100 cm³/mol. The number of benzene rings is 1. The molecule has 2 rings (SSSR count). The van der Waals surface area contributed by atoms with E-state index in [1.807, 2.05) is 0 Å². The van der Waals surface area contributed by atoms with E-state index in [1.54, 1.807) is 12.3 Å². The molecule has 0 bridgehead atoms. The summed E-state index contributed by atoms with van der Waals surface area (Å²) in [6.45, 7) is 0.265. The van der Waals surface area contributed by atoms with E-state index in [1.165, 1.54) is 29.7 Å². The molecule has 0 saturated carbocycles. The van der Waals surface area contributed by atoms with E-state index in [9.17, 15) is 23.2 Å². The van der Waals surface area contributed by atoms with Crippen LogP contribution in [-0.2, 0) is 20.9 Å². The number of halogens is 3. The summed E-state index contributed by atoms with van der Waals surface area (Å²) in [6.07, 6.45) is -1.18. The van der Waals surface area contributed by atoms with Crippen LogP contribution in [0.3, 0.4) is 0 Å². The summed E-state index contributed by atoms with van der Waals surface area (Å²) in [5, 5.41) is 4.03. The molecule has 152 valence electrons. The molecule has 0 unspecified atom stereocenters. The van der Waals surface area contributed by atoms with Crippen molar-refractivity contribution < 1.29 is 27.8 Å². The lowest BCUT2D eigenvalue weighted by atomic mass is 10.2. The Labute approximate surface area is 167 Å². The molecular formula is C17H17ClF2N2O5S. The number of aromatic nitrogens is 1. The summed E-state index contributed by atoms with van der Waals surface area (Å²) >= 11 is 6.85. The van der Waals surface area contributed by atoms with Gasteiger partial charge in [0.05, 0.1) is 11.4 Å². The second-order valence-corrected chi connectivity index (χ2v) is 6.92. The lowest BCUT2D eigenvalue weighted by Crippen LogP contribution is -2.30. The molecule has 7 nitrogen and oxygen atoms in total. The first-order valence-corrected chi connectivity index (χ1v) is 9.32. The maximum atomic E-state index is 12.2. The van der Waals surface area contributed by atoms with Crippen LogP contribution >= 0.6 is 22.9 Å². The molecule has 2 aromatic rings. The first kappa shape index (κ1) is 21.8. The topological polar surface area (TPSA) is 86.6 Å². The number of carbonyl (C=O) groups excluding carboxylic acids is 2. The van der Waals surface area contributed by atoms with Gasteiger partial charge in [0.15, 0.2) is 6.10 Å². The van der Waals surface area contributed by atoms with E-state index >= 15 is 0 Å². The molecule has 0 radical (unpaired) electrons. The van der Waals surface area contributed by atoms with Gasteiger partial charge in [-0.05, 0) is 32.0 Å². The Morgan fingerprint density at radius 2 is 2.07 bits per heavy atom. The number of ether oxygens (including phenoxy) is 2. The first-order chi connectivity index (χ1) is 13.2. The third-order valence-electron chi connectivity index (χ3n) is 3.61. The smallest absolute Gasteiger partial charge is 0.387 e. The molecule has 1 amide bonds. The molecule has 0 aliphatic heterocycles. The SMILES string of the molecule is Cc1csc(=O)n1CCC(=O)O[C@@H](C)C(=O)Nc1ccc(OC(F)F)c(Cl)c1. The Balaban J connectivity index is 1.87. The summed E-state index contributed by atoms with van der Waals surface area (Å²) < 4.78 is 35.1. The number of aryl methyl sites for hydroxylation is 1. The van der Waals surface area contributed by atoms with Gasteiger partial charge in [-0.1, -0.05) is 22.9 Å². The van der Waals surface area contributed by atoms with Gasteiger partial charge in [-0.25, -0.2) is 0 Å². The number of nitrogens with zero attached hydrogens (tertiary/aromatic N) is 1. The zero-order chi connectivity index (χ0) is 20.8. The van der Waals surface area contributed by atoms with Gasteiger partial charge in [-0.3, -0.25) is 14.4 Å². The van der Waals surface area contributed by atoms with Crippen LogP contribution in [0, 0.1) is 6.92 Å². The molecule has 0 spiro atoms. The summed E-state index contributed by atoms with van der Waals surface area (Å²) in [5.41, 5.74) is 0.963. The number of alkyl halides is 2. The molecular weight excluding hydrogens is 418 g/mol. The zero-order valence-corrected chi connectivity index (χ0v) is 16.5. The minimum Gasteiger partial charge on any atom is -0.452 e. The summed E-state index contributed by atoms with van der Waals surface area (Å²) in [6, 6.07) is 3.74. The van der Waals surface area contributed by atoms with Crippen molar-refractivity contribution in [1.82, 2.24) is 4.57 Å². The Bertz CT molecular complexity index is 915. The third kappa shape index (κ3) is 6.03. The number of thiazole rings is 1. The van der Waals surface area contributed by atoms with Crippen LogP contribution in [-0.4, -0.2) is 29.2 Å². The molecule has 0 saturated heterocycles. The van der Waals surface area contributed by atoms with Gasteiger partial charge in [-0.15, -0.1) is 0 Å². The lowest BCUT2D eigenvalue weighted by molar-refractivity contribution is -0.153. The maximum absolute atomic E-state index is 12.2. The Kier molecular flexibility index (Phi) is 7.53. The molecule has 28 heavy (non-hydrogen) atoms. The second-order valence-electron chi connectivity index (χ2n) is 5.69. The van der Waals surface area contributed by atoms with Gasteiger partial charge in [0.25, 0.3) is 5.91 Å². The van der Waals surface area contributed by atoms with Crippen LogP contribution in [0.2, 0.25) is 5.02 Å². The predicted octanol–water partition coefficient (Wildman–Crippen LogP) is 3.43. The number of esters is 1. The number of anilines is 1. The van der Waals surface area contributed by atoms with E-state index in [0.29, 0.717) is 0 Å². The van der Waals surface area contributed by atoms with E-state index in [-0.39, 0.29) is 34.3 Å². The minimum atomic E-state index is -3.02. The normalized spacial score (nSPS) is 11.9. The summed E-state index contributed by atoms with van der Waals surface area (Å²) in [4.78, 5) is 35.5. The summed E-state index contributed by atoms with van der Waals surface area (Å²) in [7, 11) is 0. The monoisotopic (exact) mass is 434 g/mol. The molecule has 1 N–H and O–H groups in total. The van der Waals surface area contributed by atoms with E-state index in [0.717, 1.165) is 17.0 Å². The quantitative estimate of drug-likeness (QED) is 0.643. The second kappa shape index (κ2) is 9.65. The molecule has 1 atom stereocenters. The molecule has 0 fully saturated rings. The van der Waals surface area contributed by atoms with Crippen molar-refractivity contribution in [3.8, 4) is 5.75 Å². The number of rotatable bonds is 8.